The fourth-order valence-corrected chi connectivity index (χ4v) is 3.22. The SMILES string of the molecule is CC(CCc1ccccc1)N(CC(O)c1cc(Br)c(O)c(C(N)=O)c1)N=O. The van der Waals surface area contributed by atoms with Crippen molar-refractivity contribution in [3.05, 3.63) is 68.5 Å². The first-order valence-electron chi connectivity index (χ1n) is 8.47. The number of amides is 1. The molecule has 0 bridgehead atoms. The summed E-state index contributed by atoms with van der Waals surface area (Å²) in [6.07, 6.45) is 0.381. The van der Waals surface area contributed by atoms with Gasteiger partial charge in [0.2, 0.25) is 0 Å². The quantitative estimate of drug-likeness (QED) is 0.412. The predicted octanol–water partition coefficient (Wildman–Crippen LogP) is 3.29. The average molecular weight is 436 g/mol. The molecule has 27 heavy (non-hydrogen) atoms. The number of hydrogen-bond acceptors (Lipinski definition) is 5. The topological polar surface area (TPSA) is 116 Å². The van der Waals surface area contributed by atoms with Gasteiger partial charge >= 0.3 is 0 Å². The smallest absolute Gasteiger partial charge is 0.252 e. The van der Waals surface area contributed by atoms with Gasteiger partial charge in [-0.05, 0) is 59.0 Å². The number of carbonyl (C=O) groups excluding carboxylic acids is 1. The number of hydrogen-bond donors (Lipinski definition) is 3. The number of aliphatic hydroxyl groups is 1. The lowest BCUT2D eigenvalue weighted by Crippen LogP contribution is -2.32. The summed E-state index contributed by atoms with van der Waals surface area (Å²) >= 11 is 3.13. The summed E-state index contributed by atoms with van der Waals surface area (Å²) in [7, 11) is 0. The molecule has 8 heteroatoms. The van der Waals surface area contributed by atoms with E-state index < -0.39 is 12.0 Å². The van der Waals surface area contributed by atoms with Crippen LogP contribution in [0.3, 0.4) is 0 Å². The lowest BCUT2D eigenvalue weighted by atomic mass is 10.0. The molecule has 4 N–H and O–H groups in total. The van der Waals surface area contributed by atoms with Crippen LogP contribution < -0.4 is 5.73 Å². The van der Waals surface area contributed by atoms with Crippen molar-refractivity contribution < 1.29 is 15.0 Å². The molecule has 0 saturated heterocycles. The lowest BCUT2D eigenvalue weighted by molar-refractivity contribution is 0.0891. The van der Waals surface area contributed by atoms with E-state index in [4.69, 9.17) is 5.73 Å². The summed E-state index contributed by atoms with van der Waals surface area (Å²) in [4.78, 5) is 22.7. The molecule has 144 valence electrons. The molecule has 0 fully saturated rings. The normalized spacial score (nSPS) is 13.0. The summed E-state index contributed by atoms with van der Waals surface area (Å²) < 4.78 is 0.232. The number of aliphatic hydroxyl groups excluding tert-OH is 1. The third-order valence-corrected chi connectivity index (χ3v) is 5.01. The standard InChI is InChI=1S/C19H22BrN3O4/c1-12(7-8-13-5-3-2-4-6-13)23(22-27)11-17(24)14-9-15(19(21)26)18(25)16(20)10-14/h2-6,9-10,12,17,24-25H,7-8,11H2,1H3,(H2,21,26). The van der Waals surface area contributed by atoms with Crippen LogP contribution in [0.25, 0.3) is 0 Å². The third-order valence-electron chi connectivity index (χ3n) is 4.40. The van der Waals surface area contributed by atoms with Crippen LogP contribution in [-0.4, -0.2) is 33.7 Å². The van der Waals surface area contributed by atoms with Crippen molar-refractivity contribution >= 4 is 21.8 Å². The average Bonchev–Trinajstić information content (AvgIpc) is 2.66. The Morgan fingerprint density at radius 3 is 2.56 bits per heavy atom. The maximum absolute atomic E-state index is 11.4. The Hall–Kier alpha value is -2.45. The van der Waals surface area contributed by atoms with Crippen LogP contribution in [0.2, 0.25) is 0 Å². The number of aryl methyl sites for hydroxylation is 1. The zero-order chi connectivity index (χ0) is 20.0. The highest BCUT2D eigenvalue weighted by Gasteiger charge is 2.21. The van der Waals surface area contributed by atoms with Gasteiger partial charge in [-0.2, -0.15) is 0 Å². The molecule has 0 heterocycles. The van der Waals surface area contributed by atoms with Gasteiger partial charge < -0.3 is 15.9 Å². The highest BCUT2D eigenvalue weighted by Crippen LogP contribution is 2.32. The fourth-order valence-electron chi connectivity index (χ4n) is 2.75. The third kappa shape index (κ3) is 5.51. The zero-order valence-corrected chi connectivity index (χ0v) is 16.5. The number of primary amides is 1. The number of carbonyl (C=O) groups is 1. The lowest BCUT2D eigenvalue weighted by Gasteiger charge is -2.26. The molecule has 0 saturated carbocycles. The molecule has 0 aliphatic heterocycles. The maximum Gasteiger partial charge on any atom is 0.252 e. The second kappa shape index (κ2) is 9.48. The number of halogens is 1. The minimum absolute atomic E-state index is 0.0468. The molecule has 2 unspecified atom stereocenters. The van der Waals surface area contributed by atoms with Crippen LogP contribution in [-0.2, 0) is 6.42 Å². The second-order valence-electron chi connectivity index (χ2n) is 6.36. The maximum atomic E-state index is 11.4. The number of aromatic hydroxyl groups is 1. The first-order valence-corrected chi connectivity index (χ1v) is 9.27. The Morgan fingerprint density at radius 2 is 1.96 bits per heavy atom. The number of nitrogens with two attached hydrogens (primary N) is 1. The Balaban J connectivity index is 2.06. The van der Waals surface area contributed by atoms with Gasteiger partial charge in [-0.1, -0.05) is 30.3 Å². The fraction of sp³-hybridized carbons (Fsp3) is 0.316. The van der Waals surface area contributed by atoms with Crippen LogP contribution in [0, 0.1) is 4.91 Å². The van der Waals surface area contributed by atoms with Gasteiger partial charge in [-0.25, -0.2) is 0 Å². The monoisotopic (exact) mass is 435 g/mol. The molecule has 2 rings (SSSR count). The molecule has 0 aliphatic rings. The number of phenols is 1. The summed E-state index contributed by atoms with van der Waals surface area (Å²) in [5.74, 6) is -1.11. The molecular formula is C19H22BrN3O4. The predicted molar refractivity (Wildman–Crippen MR) is 106 cm³/mol. The van der Waals surface area contributed by atoms with E-state index in [0.29, 0.717) is 12.0 Å². The molecular weight excluding hydrogens is 414 g/mol. The van der Waals surface area contributed by atoms with E-state index in [1.807, 2.05) is 37.3 Å². The molecule has 2 aromatic carbocycles. The van der Waals surface area contributed by atoms with Crippen LogP contribution >= 0.6 is 15.9 Å². The number of rotatable bonds is 9. The first kappa shape index (κ1) is 20.9. The van der Waals surface area contributed by atoms with Crippen molar-refractivity contribution in [2.24, 2.45) is 11.0 Å². The summed E-state index contributed by atoms with van der Waals surface area (Å²) in [6.45, 7) is 1.81. The van der Waals surface area contributed by atoms with Gasteiger partial charge in [0.1, 0.15) is 5.75 Å². The number of nitrogens with zero attached hydrogens (tertiary/aromatic N) is 2. The van der Waals surface area contributed by atoms with E-state index in [0.717, 1.165) is 12.0 Å². The van der Waals surface area contributed by atoms with Gasteiger partial charge in [-0.15, -0.1) is 4.91 Å². The van der Waals surface area contributed by atoms with Crippen molar-refractivity contribution in [1.82, 2.24) is 5.01 Å². The van der Waals surface area contributed by atoms with Crippen molar-refractivity contribution in [2.75, 3.05) is 6.54 Å². The van der Waals surface area contributed by atoms with Crippen LogP contribution in [0.15, 0.2) is 52.2 Å². The van der Waals surface area contributed by atoms with Crippen molar-refractivity contribution in [2.45, 2.75) is 31.9 Å². The Morgan fingerprint density at radius 1 is 1.30 bits per heavy atom. The summed E-state index contributed by atoms with van der Waals surface area (Å²) in [5.41, 5.74) is 6.63. The molecule has 2 atom stereocenters. The van der Waals surface area contributed by atoms with Gasteiger partial charge in [0.25, 0.3) is 5.91 Å². The molecule has 0 aliphatic carbocycles. The van der Waals surface area contributed by atoms with Crippen molar-refractivity contribution in [1.29, 1.82) is 0 Å². The molecule has 0 radical (unpaired) electrons. The summed E-state index contributed by atoms with van der Waals surface area (Å²) in [6, 6.07) is 12.5. The van der Waals surface area contributed by atoms with E-state index in [2.05, 4.69) is 21.2 Å². The minimum Gasteiger partial charge on any atom is -0.506 e. The second-order valence-corrected chi connectivity index (χ2v) is 7.21. The van der Waals surface area contributed by atoms with Gasteiger partial charge in [0.05, 0.1) is 28.0 Å². The molecule has 0 spiro atoms. The Bertz CT molecular complexity index is 801. The van der Waals surface area contributed by atoms with E-state index >= 15 is 0 Å². The zero-order valence-electron chi connectivity index (χ0n) is 14.9. The van der Waals surface area contributed by atoms with Crippen molar-refractivity contribution in [3.63, 3.8) is 0 Å². The van der Waals surface area contributed by atoms with E-state index in [-0.39, 0.29) is 28.4 Å². The number of nitroso groups, excluding NO2 is 1. The largest absolute Gasteiger partial charge is 0.506 e. The molecule has 0 aromatic heterocycles. The van der Waals surface area contributed by atoms with Crippen molar-refractivity contribution in [3.8, 4) is 5.75 Å². The molecule has 1 amide bonds. The van der Waals surface area contributed by atoms with Gasteiger partial charge in [-0.3, -0.25) is 9.80 Å². The highest BCUT2D eigenvalue weighted by atomic mass is 79.9. The Kier molecular flexibility index (Phi) is 7.32. The summed E-state index contributed by atoms with van der Waals surface area (Å²) in [5, 5.41) is 24.7. The Labute approximate surface area is 165 Å². The van der Waals surface area contributed by atoms with Gasteiger partial charge in [0.15, 0.2) is 0 Å². The minimum atomic E-state index is -1.09. The van der Waals surface area contributed by atoms with Gasteiger partial charge in [0, 0.05) is 6.04 Å². The number of benzene rings is 2. The van der Waals surface area contributed by atoms with E-state index in [1.165, 1.54) is 17.1 Å². The molecule has 7 nitrogen and oxygen atoms in total. The van der Waals surface area contributed by atoms with E-state index in [9.17, 15) is 19.9 Å². The van der Waals surface area contributed by atoms with E-state index in [1.54, 1.807) is 0 Å². The van der Waals surface area contributed by atoms with Crippen LogP contribution in [0.4, 0.5) is 0 Å². The highest BCUT2D eigenvalue weighted by molar-refractivity contribution is 9.10. The first-order chi connectivity index (χ1) is 12.8. The van der Waals surface area contributed by atoms with Crippen LogP contribution in [0.1, 0.15) is 40.9 Å². The molecule has 2 aromatic rings. The van der Waals surface area contributed by atoms with Crippen LogP contribution in [0.5, 0.6) is 5.75 Å².